The lowest BCUT2D eigenvalue weighted by Crippen LogP contribution is -2.38. The molecule has 1 saturated heterocycles. The van der Waals surface area contributed by atoms with Gasteiger partial charge in [0.2, 0.25) is 5.91 Å². The number of rotatable bonds is 4. The number of hydrogen-bond donors (Lipinski definition) is 1. The molecule has 1 aromatic carbocycles. The number of hydrogen-bond acceptors (Lipinski definition) is 2. The van der Waals surface area contributed by atoms with Crippen LogP contribution in [0.5, 0.6) is 0 Å². The standard InChI is InChI=1S/C18H24N2O/c19-17(7-8-17)13-14-5-1-2-6-15(14)18(9-10-18)16(21)20-11-3-4-12-20/h1-2,5-6H,3-4,7-13,19H2. The molecule has 3 aliphatic rings. The number of nitrogens with zero attached hydrogens (tertiary/aromatic N) is 1. The molecule has 3 fully saturated rings. The molecule has 112 valence electrons. The summed E-state index contributed by atoms with van der Waals surface area (Å²) >= 11 is 0. The summed E-state index contributed by atoms with van der Waals surface area (Å²) in [5.41, 5.74) is 8.67. The van der Waals surface area contributed by atoms with Crippen LogP contribution in [0.3, 0.4) is 0 Å². The fourth-order valence-corrected chi connectivity index (χ4v) is 3.80. The van der Waals surface area contributed by atoms with Crippen molar-refractivity contribution in [2.24, 2.45) is 5.73 Å². The molecule has 0 atom stereocenters. The Bertz CT molecular complexity index is 566. The van der Waals surface area contributed by atoms with E-state index in [1.54, 1.807) is 0 Å². The zero-order valence-electron chi connectivity index (χ0n) is 12.6. The fraction of sp³-hybridized carbons (Fsp3) is 0.611. The third-order valence-corrected chi connectivity index (χ3v) is 5.52. The van der Waals surface area contributed by atoms with E-state index in [-0.39, 0.29) is 11.0 Å². The minimum atomic E-state index is -0.216. The van der Waals surface area contributed by atoms with E-state index in [2.05, 4.69) is 29.2 Å². The highest BCUT2D eigenvalue weighted by atomic mass is 16.2. The van der Waals surface area contributed by atoms with E-state index < -0.39 is 0 Å². The van der Waals surface area contributed by atoms with Crippen molar-refractivity contribution in [3.05, 3.63) is 35.4 Å². The normalized spacial score (nSPS) is 24.9. The van der Waals surface area contributed by atoms with Crippen LogP contribution in [0.15, 0.2) is 24.3 Å². The van der Waals surface area contributed by atoms with Gasteiger partial charge in [-0.25, -0.2) is 0 Å². The Morgan fingerprint density at radius 1 is 1.10 bits per heavy atom. The van der Waals surface area contributed by atoms with Crippen molar-refractivity contribution in [2.75, 3.05) is 13.1 Å². The summed E-state index contributed by atoms with van der Waals surface area (Å²) < 4.78 is 0. The Labute approximate surface area is 126 Å². The summed E-state index contributed by atoms with van der Waals surface area (Å²) in [6.45, 7) is 1.90. The van der Waals surface area contributed by atoms with Crippen molar-refractivity contribution >= 4 is 5.91 Å². The molecule has 4 rings (SSSR count). The van der Waals surface area contributed by atoms with Crippen LogP contribution in [0.25, 0.3) is 0 Å². The molecule has 0 unspecified atom stereocenters. The summed E-state index contributed by atoms with van der Waals surface area (Å²) in [6.07, 6.45) is 7.51. The molecule has 3 heteroatoms. The van der Waals surface area contributed by atoms with Crippen LogP contribution >= 0.6 is 0 Å². The van der Waals surface area contributed by atoms with E-state index in [9.17, 15) is 4.79 Å². The van der Waals surface area contributed by atoms with Crippen molar-refractivity contribution in [3.63, 3.8) is 0 Å². The predicted octanol–water partition coefficient (Wildman–Crippen LogP) is 2.37. The van der Waals surface area contributed by atoms with Gasteiger partial charge in [0.25, 0.3) is 0 Å². The molecule has 21 heavy (non-hydrogen) atoms. The van der Waals surface area contributed by atoms with Crippen LogP contribution in [0.2, 0.25) is 0 Å². The quantitative estimate of drug-likeness (QED) is 0.922. The van der Waals surface area contributed by atoms with E-state index in [0.29, 0.717) is 5.91 Å². The first-order valence-electron chi connectivity index (χ1n) is 8.30. The van der Waals surface area contributed by atoms with Gasteiger partial charge in [0.1, 0.15) is 0 Å². The first-order chi connectivity index (χ1) is 10.1. The van der Waals surface area contributed by atoms with Gasteiger partial charge in [0.05, 0.1) is 5.41 Å². The maximum absolute atomic E-state index is 13.0. The van der Waals surface area contributed by atoms with Crippen LogP contribution < -0.4 is 5.73 Å². The maximum atomic E-state index is 13.0. The van der Waals surface area contributed by atoms with Crippen molar-refractivity contribution in [2.45, 2.75) is 55.9 Å². The van der Waals surface area contributed by atoms with Crippen LogP contribution in [0, 0.1) is 0 Å². The van der Waals surface area contributed by atoms with Gasteiger partial charge in [-0.1, -0.05) is 24.3 Å². The van der Waals surface area contributed by atoms with Gasteiger partial charge >= 0.3 is 0 Å². The Hall–Kier alpha value is -1.35. The number of amides is 1. The topological polar surface area (TPSA) is 46.3 Å². The molecule has 0 bridgehead atoms. The fourth-order valence-electron chi connectivity index (χ4n) is 3.80. The second kappa shape index (κ2) is 4.57. The molecule has 1 heterocycles. The number of carbonyl (C=O) groups excluding carboxylic acids is 1. The maximum Gasteiger partial charge on any atom is 0.233 e. The predicted molar refractivity (Wildman–Crippen MR) is 83.0 cm³/mol. The van der Waals surface area contributed by atoms with Crippen LogP contribution in [0.1, 0.15) is 49.7 Å². The monoisotopic (exact) mass is 284 g/mol. The summed E-state index contributed by atoms with van der Waals surface area (Å²) in [7, 11) is 0. The SMILES string of the molecule is NC1(Cc2ccccc2C2(C(=O)N3CCCC3)CC2)CC1. The van der Waals surface area contributed by atoms with Gasteiger partial charge in [-0.3, -0.25) is 4.79 Å². The smallest absolute Gasteiger partial charge is 0.233 e. The first-order valence-corrected chi connectivity index (χ1v) is 8.30. The second-order valence-corrected chi connectivity index (χ2v) is 7.28. The van der Waals surface area contributed by atoms with Crippen molar-refractivity contribution in [3.8, 4) is 0 Å². The molecule has 0 radical (unpaired) electrons. The first kappa shape index (κ1) is 13.3. The number of carbonyl (C=O) groups is 1. The van der Waals surface area contributed by atoms with Crippen molar-refractivity contribution < 1.29 is 4.79 Å². The zero-order chi connectivity index (χ0) is 14.5. The minimum Gasteiger partial charge on any atom is -0.342 e. The highest BCUT2D eigenvalue weighted by molar-refractivity contribution is 5.92. The Morgan fingerprint density at radius 3 is 2.38 bits per heavy atom. The second-order valence-electron chi connectivity index (χ2n) is 7.28. The van der Waals surface area contributed by atoms with Gasteiger partial charge in [0.15, 0.2) is 0 Å². The molecule has 2 aliphatic carbocycles. The molecule has 3 nitrogen and oxygen atoms in total. The average molecular weight is 284 g/mol. The molecule has 1 aromatic rings. The molecule has 2 saturated carbocycles. The van der Waals surface area contributed by atoms with E-state index in [1.807, 2.05) is 0 Å². The van der Waals surface area contributed by atoms with Crippen LogP contribution in [-0.2, 0) is 16.6 Å². The average Bonchev–Trinajstić information content (AvgIpc) is 3.37. The third kappa shape index (κ3) is 2.28. The van der Waals surface area contributed by atoms with Crippen molar-refractivity contribution in [1.29, 1.82) is 0 Å². The summed E-state index contributed by atoms with van der Waals surface area (Å²) in [5, 5.41) is 0. The number of nitrogens with two attached hydrogens (primary N) is 1. The largest absolute Gasteiger partial charge is 0.342 e. The third-order valence-electron chi connectivity index (χ3n) is 5.52. The van der Waals surface area contributed by atoms with Crippen LogP contribution in [-0.4, -0.2) is 29.4 Å². The van der Waals surface area contributed by atoms with Crippen LogP contribution in [0.4, 0.5) is 0 Å². The molecule has 2 N–H and O–H groups in total. The lowest BCUT2D eigenvalue weighted by atomic mass is 9.87. The van der Waals surface area contributed by atoms with Gasteiger partial charge in [-0.05, 0) is 56.1 Å². The Kier molecular flexibility index (Phi) is 2.90. The number of benzene rings is 1. The Balaban J connectivity index is 1.64. The van der Waals surface area contributed by atoms with E-state index >= 15 is 0 Å². The molecule has 0 aromatic heterocycles. The van der Waals surface area contributed by atoms with Gasteiger partial charge in [0, 0.05) is 18.6 Å². The lowest BCUT2D eigenvalue weighted by molar-refractivity contribution is -0.132. The molecular weight excluding hydrogens is 260 g/mol. The molecule has 1 aliphatic heterocycles. The summed E-state index contributed by atoms with van der Waals surface area (Å²) in [5.74, 6) is 0.370. The summed E-state index contributed by atoms with van der Waals surface area (Å²) in [4.78, 5) is 15.0. The minimum absolute atomic E-state index is 0.00285. The highest BCUT2D eigenvalue weighted by Gasteiger charge is 2.54. The van der Waals surface area contributed by atoms with Gasteiger partial charge in [-0.2, -0.15) is 0 Å². The van der Waals surface area contributed by atoms with E-state index in [0.717, 1.165) is 58.0 Å². The van der Waals surface area contributed by atoms with Crippen molar-refractivity contribution in [1.82, 2.24) is 4.90 Å². The van der Waals surface area contributed by atoms with E-state index in [4.69, 9.17) is 5.73 Å². The summed E-state index contributed by atoms with van der Waals surface area (Å²) in [6, 6.07) is 8.51. The van der Waals surface area contributed by atoms with E-state index in [1.165, 1.54) is 11.1 Å². The lowest BCUT2D eigenvalue weighted by Gasteiger charge is -2.25. The van der Waals surface area contributed by atoms with Gasteiger partial charge < -0.3 is 10.6 Å². The van der Waals surface area contributed by atoms with Gasteiger partial charge in [-0.15, -0.1) is 0 Å². The number of likely N-dealkylation sites (tertiary alicyclic amines) is 1. The Morgan fingerprint density at radius 2 is 1.76 bits per heavy atom. The zero-order valence-corrected chi connectivity index (χ0v) is 12.6. The molecular formula is C18H24N2O. The molecule has 0 spiro atoms. The highest BCUT2D eigenvalue weighted by Crippen LogP contribution is 2.52. The molecule has 1 amide bonds.